The summed E-state index contributed by atoms with van der Waals surface area (Å²) in [5.74, 6) is 0.963. The fourth-order valence-corrected chi connectivity index (χ4v) is 3.16. The zero-order chi connectivity index (χ0) is 14.3. The molecule has 108 valence electrons. The predicted octanol–water partition coefficient (Wildman–Crippen LogP) is 3.07. The molecule has 0 radical (unpaired) electrons. The molecule has 1 atom stereocenters. The van der Waals surface area contributed by atoms with Crippen LogP contribution in [0.25, 0.3) is 0 Å². The third kappa shape index (κ3) is 6.95. The van der Waals surface area contributed by atoms with Gasteiger partial charge in [-0.25, -0.2) is 0 Å². The number of hydrogen-bond acceptors (Lipinski definition) is 3. The summed E-state index contributed by atoms with van der Waals surface area (Å²) in [6, 6.07) is 3.89. The molecule has 1 aromatic rings. The van der Waals surface area contributed by atoms with E-state index in [1.807, 2.05) is 12.1 Å². The van der Waals surface area contributed by atoms with Crippen molar-refractivity contribution in [2.45, 2.75) is 33.1 Å². The highest BCUT2D eigenvalue weighted by Crippen LogP contribution is 2.21. The number of amides is 1. The minimum atomic E-state index is 0.0961. The molecule has 1 rings (SSSR count). The van der Waals surface area contributed by atoms with Gasteiger partial charge in [0, 0.05) is 17.8 Å². The lowest BCUT2D eigenvalue weighted by Crippen LogP contribution is -2.30. The molecule has 1 unspecified atom stereocenters. The Balaban J connectivity index is 2.23. The Kier molecular flexibility index (Phi) is 7.42. The van der Waals surface area contributed by atoms with Crippen LogP contribution in [0.4, 0.5) is 0 Å². The molecule has 0 spiro atoms. The summed E-state index contributed by atoms with van der Waals surface area (Å²) in [6.07, 6.45) is 2.37. The lowest BCUT2D eigenvalue weighted by molar-refractivity contribution is -0.122. The van der Waals surface area contributed by atoms with E-state index in [1.165, 1.54) is 4.88 Å². The number of thiophene rings is 1. The molecule has 5 heteroatoms. The molecule has 0 aliphatic carbocycles. The fraction of sp³-hybridized carbons (Fsp3) is 0.643. The maximum atomic E-state index is 11.8. The van der Waals surface area contributed by atoms with Crippen molar-refractivity contribution >= 4 is 28.8 Å². The standard InChI is InChI=1S/C14H23ClN2OS/c1-10(2)7-11(9-16)8-14(18)17-6-5-12-3-4-13(15)19-12/h3-4,10-11H,5-9,16H2,1-2H3,(H,17,18). The maximum Gasteiger partial charge on any atom is 0.220 e. The SMILES string of the molecule is CC(C)CC(CN)CC(=O)NCCc1ccc(Cl)s1. The summed E-state index contributed by atoms with van der Waals surface area (Å²) < 4.78 is 0.793. The number of halogens is 1. The van der Waals surface area contributed by atoms with E-state index in [-0.39, 0.29) is 11.8 Å². The highest BCUT2D eigenvalue weighted by Gasteiger charge is 2.13. The van der Waals surface area contributed by atoms with Crippen LogP contribution in [-0.4, -0.2) is 19.0 Å². The molecular weight excluding hydrogens is 280 g/mol. The summed E-state index contributed by atoms with van der Waals surface area (Å²) in [6.45, 7) is 5.54. The van der Waals surface area contributed by atoms with Gasteiger partial charge in [0.15, 0.2) is 0 Å². The van der Waals surface area contributed by atoms with Crippen molar-refractivity contribution in [2.24, 2.45) is 17.6 Å². The monoisotopic (exact) mass is 302 g/mol. The Labute approximate surface area is 124 Å². The van der Waals surface area contributed by atoms with E-state index in [0.29, 0.717) is 25.4 Å². The molecule has 0 fully saturated rings. The van der Waals surface area contributed by atoms with Crippen molar-refractivity contribution in [3.05, 3.63) is 21.3 Å². The molecule has 1 heterocycles. The van der Waals surface area contributed by atoms with Gasteiger partial charge in [-0.3, -0.25) is 4.79 Å². The Morgan fingerprint density at radius 3 is 2.74 bits per heavy atom. The average Bonchev–Trinajstić information content (AvgIpc) is 2.73. The first-order valence-electron chi connectivity index (χ1n) is 6.72. The van der Waals surface area contributed by atoms with Crippen LogP contribution in [0.3, 0.4) is 0 Å². The molecule has 3 N–H and O–H groups in total. The maximum absolute atomic E-state index is 11.8. The number of hydrogen-bond donors (Lipinski definition) is 2. The molecule has 1 amide bonds. The summed E-state index contributed by atoms with van der Waals surface area (Å²) in [7, 11) is 0. The largest absolute Gasteiger partial charge is 0.356 e. The van der Waals surface area contributed by atoms with E-state index in [0.717, 1.165) is 17.2 Å². The first kappa shape index (κ1) is 16.5. The Morgan fingerprint density at radius 2 is 2.21 bits per heavy atom. The van der Waals surface area contributed by atoms with E-state index in [9.17, 15) is 4.79 Å². The van der Waals surface area contributed by atoms with Crippen LogP contribution < -0.4 is 11.1 Å². The summed E-state index contributed by atoms with van der Waals surface area (Å²) in [4.78, 5) is 13.0. The number of nitrogens with two attached hydrogens (primary N) is 1. The normalized spacial score (nSPS) is 12.7. The van der Waals surface area contributed by atoms with Gasteiger partial charge < -0.3 is 11.1 Å². The Hall–Kier alpha value is -0.580. The third-order valence-electron chi connectivity index (χ3n) is 2.93. The predicted molar refractivity (Wildman–Crippen MR) is 82.7 cm³/mol. The van der Waals surface area contributed by atoms with Gasteiger partial charge in [-0.05, 0) is 43.4 Å². The minimum Gasteiger partial charge on any atom is -0.356 e. The van der Waals surface area contributed by atoms with E-state index in [4.69, 9.17) is 17.3 Å². The zero-order valence-electron chi connectivity index (χ0n) is 11.6. The number of rotatable bonds is 8. The van der Waals surface area contributed by atoms with Gasteiger partial charge in [0.05, 0.1) is 4.34 Å². The molecule has 0 saturated heterocycles. The average molecular weight is 303 g/mol. The molecule has 19 heavy (non-hydrogen) atoms. The summed E-state index contributed by atoms with van der Waals surface area (Å²) in [5, 5.41) is 2.95. The molecule has 3 nitrogen and oxygen atoms in total. The molecule has 0 aliphatic heterocycles. The van der Waals surface area contributed by atoms with Crippen molar-refractivity contribution in [1.29, 1.82) is 0 Å². The van der Waals surface area contributed by atoms with Gasteiger partial charge in [-0.2, -0.15) is 0 Å². The van der Waals surface area contributed by atoms with Crippen molar-refractivity contribution < 1.29 is 4.79 Å². The van der Waals surface area contributed by atoms with Gasteiger partial charge in [0.25, 0.3) is 0 Å². The quantitative estimate of drug-likeness (QED) is 0.775. The van der Waals surface area contributed by atoms with Crippen LogP contribution in [0, 0.1) is 11.8 Å². The molecule has 0 bridgehead atoms. The van der Waals surface area contributed by atoms with Crippen molar-refractivity contribution in [2.75, 3.05) is 13.1 Å². The number of nitrogens with one attached hydrogen (secondary N) is 1. The van der Waals surface area contributed by atoms with E-state index in [1.54, 1.807) is 11.3 Å². The van der Waals surface area contributed by atoms with Gasteiger partial charge in [-0.15, -0.1) is 11.3 Å². The lowest BCUT2D eigenvalue weighted by Gasteiger charge is -2.16. The number of carbonyl (C=O) groups excluding carboxylic acids is 1. The first-order chi connectivity index (χ1) is 9.01. The Bertz CT molecular complexity index is 393. The first-order valence-corrected chi connectivity index (χ1v) is 7.91. The third-order valence-corrected chi connectivity index (χ3v) is 4.23. The second-order valence-corrected chi connectivity index (χ2v) is 7.04. The van der Waals surface area contributed by atoms with Gasteiger partial charge in [0.1, 0.15) is 0 Å². The minimum absolute atomic E-state index is 0.0961. The van der Waals surface area contributed by atoms with Crippen LogP contribution in [-0.2, 0) is 11.2 Å². The highest BCUT2D eigenvalue weighted by atomic mass is 35.5. The van der Waals surface area contributed by atoms with Gasteiger partial charge >= 0.3 is 0 Å². The van der Waals surface area contributed by atoms with E-state index >= 15 is 0 Å². The molecular formula is C14H23ClN2OS. The topological polar surface area (TPSA) is 55.1 Å². The second-order valence-electron chi connectivity index (χ2n) is 5.24. The molecule has 1 aromatic heterocycles. The second kappa shape index (κ2) is 8.56. The van der Waals surface area contributed by atoms with Gasteiger partial charge in [-0.1, -0.05) is 25.4 Å². The summed E-state index contributed by atoms with van der Waals surface area (Å²) >= 11 is 7.42. The van der Waals surface area contributed by atoms with Crippen LogP contribution >= 0.6 is 22.9 Å². The van der Waals surface area contributed by atoms with Crippen LogP contribution in [0.1, 0.15) is 31.6 Å². The van der Waals surface area contributed by atoms with E-state index in [2.05, 4.69) is 19.2 Å². The summed E-state index contributed by atoms with van der Waals surface area (Å²) in [5.41, 5.74) is 5.70. The molecule has 0 aromatic carbocycles. The van der Waals surface area contributed by atoms with Crippen molar-refractivity contribution in [3.8, 4) is 0 Å². The Morgan fingerprint density at radius 1 is 1.47 bits per heavy atom. The highest BCUT2D eigenvalue weighted by molar-refractivity contribution is 7.16. The van der Waals surface area contributed by atoms with Crippen LogP contribution in [0.15, 0.2) is 12.1 Å². The lowest BCUT2D eigenvalue weighted by atomic mass is 9.94. The zero-order valence-corrected chi connectivity index (χ0v) is 13.2. The van der Waals surface area contributed by atoms with Crippen molar-refractivity contribution in [3.63, 3.8) is 0 Å². The molecule has 0 saturated carbocycles. The van der Waals surface area contributed by atoms with Crippen LogP contribution in [0.2, 0.25) is 4.34 Å². The fourth-order valence-electron chi connectivity index (χ4n) is 2.08. The van der Waals surface area contributed by atoms with Crippen LogP contribution in [0.5, 0.6) is 0 Å². The van der Waals surface area contributed by atoms with Crippen molar-refractivity contribution in [1.82, 2.24) is 5.32 Å². The number of carbonyl (C=O) groups is 1. The van der Waals surface area contributed by atoms with Gasteiger partial charge in [0.2, 0.25) is 5.91 Å². The molecule has 0 aliphatic rings. The van der Waals surface area contributed by atoms with E-state index < -0.39 is 0 Å². The smallest absolute Gasteiger partial charge is 0.220 e.